The number of hydrogen-bond donors (Lipinski definition) is 1. The van der Waals surface area contributed by atoms with E-state index in [1.54, 1.807) is 11.3 Å². The van der Waals surface area contributed by atoms with Crippen molar-refractivity contribution >= 4 is 11.3 Å². The zero-order valence-electron chi connectivity index (χ0n) is 14.7. The molecule has 0 aliphatic heterocycles. The lowest BCUT2D eigenvalue weighted by Gasteiger charge is -2.05. The number of aromatic nitrogens is 2. The molecule has 5 heteroatoms. The minimum atomic E-state index is 0.311. The molecule has 3 aromatic rings. The fourth-order valence-electron chi connectivity index (χ4n) is 2.82. The van der Waals surface area contributed by atoms with Gasteiger partial charge in [-0.3, -0.25) is 0 Å². The van der Waals surface area contributed by atoms with Gasteiger partial charge in [0.05, 0.1) is 4.88 Å². The predicted octanol–water partition coefficient (Wildman–Crippen LogP) is 5.29. The van der Waals surface area contributed by atoms with Crippen LogP contribution in [0.5, 0.6) is 5.75 Å². The molecule has 0 aliphatic carbocycles. The number of benzene rings is 1. The first-order valence-corrected chi connectivity index (χ1v) is 8.96. The van der Waals surface area contributed by atoms with Crippen LogP contribution in [0.25, 0.3) is 22.2 Å². The number of hydrogen-bond acceptors (Lipinski definition) is 5. The van der Waals surface area contributed by atoms with E-state index in [-0.39, 0.29) is 0 Å². The van der Waals surface area contributed by atoms with Crippen LogP contribution >= 0.6 is 11.3 Å². The Hall–Kier alpha value is -2.14. The first-order chi connectivity index (χ1) is 11.4. The van der Waals surface area contributed by atoms with Crippen molar-refractivity contribution in [2.45, 2.75) is 41.0 Å². The van der Waals surface area contributed by atoms with Gasteiger partial charge in [-0.15, -0.1) is 21.5 Å². The molecule has 0 saturated carbocycles. The maximum Gasteiger partial charge on any atom is 0.258 e. The first kappa shape index (κ1) is 16.7. The van der Waals surface area contributed by atoms with E-state index in [0.717, 1.165) is 28.0 Å². The fraction of sp³-hybridized carbons (Fsp3) is 0.368. The maximum atomic E-state index is 9.91. The summed E-state index contributed by atoms with van der Waals surface area (Å²) in [5.41, 5.74) is 5.01. The van der Waals surface area contributed by atoms with Gasteiger partial charge in [-0.05, 0) is 72.9 Å². The van der Waals surface area contributed by atoms with Crippen LogP contribution in [0.1, 0.15) is 36.1 Å². The lowest BCUT2D eigenvalue weighted by Crippen LogP contribution is -1.94. The number of aromatic hydroxyl groups is 1. The summed E-state index contributed by atoms with van der Waals surface area (Å²) in [7, 11) is 0. The Morgan fingerprint density at radius 1 is 1.08 bits per heavy atom. The normalized spacial score (nSPS) is 11.4. The molecule has 1 N–H and O–H groups in total. The molecule has 0 saturated heterocycles. The number of thiophene rings is 1. The van der Waals surface area contributed by atoms with Crippen molar-refractivity contribution in [1.29, 1.82) is 0 Å². The van der Waals surface area contributed by atoms with Crippen LogP contribution in [0.15, 0.2) is 21.9 Å². The van der Waals surface area contributed by atoms with Crippen LogP contribution in [0.4, 0.5) is 0 Å². The van der Waals surface area contributed by atoms with Crippen molar-refractivity contribution in [3.63, 3.8) is 0 Å². The number of phenolic OH excluding ortho intramolecular Hbond substituents is 1. The third-order valence-electron chi connectivity index (χ3n) is 4.13. The molecule has 4 nitrogen and oxygen atoms in total. The summed E-state index contributed by atoms with van der Waals surface area (Å²) in [5, 5.41) is 20.5. The Bertz CT molecular complexity index is 854. The average Bonchev–Trinajstić information content (AvgIpc) is 3.12. The lowest BCUT2D eigenvalue weighted by molar-refractivity contribution is 0.467. The van der Waals surface area contributed by atoms with Gasteiger partial charge in [0.1, 0.15) is 5.75 Å². The molecule has 2 aromatic heterocycles. The molecule has 2 heterocycles. The highest BCUT2D eigenvalue weighted by atomic mass is 32.1. The molecule has 0 amide bonds. The van der Waals surface area contributed by atoms with E-state index >= 15 is 0 Å². The minimum Gasteiger partial charge on any atom is -0.507 e. The summed E-state index contributed by atoms with van der Waals surface area (Å²) in [6.07, 6.45) is 1.06. The molecule has 0 fully saturated rings. The summed E-state index contributed by atoms with van der Waals surface area (Å²) in [4.78, 5) is 1.04. The second-order valence-electron chi connectivity index (χ2n) is 6.68. The highest BCUT2D eigenvalue weighted by molar-refractivity contribution is 7.13. The van der Waals surface area contributed by atoms with Crippen molar-refractivity contribution < 1.29 is 9.52 Å². The molecule has 0 unspecified atom stereocenters. The van der Waals surface area contributed by atoms with E-state index in [1.165, 1.54) is 11.1 Å². The Morgan fingerprint density at radius 2 is 1.71 bits per heavy atom. The van der Waals surface area contributed by atoms with Gasteiger partial charge in [-0.2, -0.15) is 0 Å². The molecular formula is C19H22N2O2S. The van der Waals surface area contributed by atoms with E-state index in [9.17, 15) is 5.11 Å². The Labute approximate surface area is 146 Å². The van der Waals surface area contributed by atoms with E-state index in [2.05, 4.69) is 36.3 Å². The van der Waals surface area contributed by atoms with Crippen LogP contribution in [-0.2, 0) is 6.42 Å². The summed E-state index contributed by atoms with van der Waals surface area (Å²) in [6.45, 7) is 10.3. The lowest BCUT2D eigenvalue weighted by atomic mass is 10.0. The second-order valence-corrected chi connectivity index (χ2v) is 7.56. The van der Waals surface area contributed by atoms with E-state index < -0.39 is 0 Å². The zero-order chi connectivity index (χ0) is 17.4. The molecular weight excluding hydrogens is 320 g/mol. The molecule has 1 aromatic carbocycles. The van der Waals surface area contributed by atoms with Crippen LogP contribution in [0.2, 0.25) is 0 Å². The van der Waals surface area contributed by atoms with Gasteiger partial charge in [-0.25, -0.2) is 0 Å². The standard InChI is InChI=1S/C19H22N2O2S/c1-10(2)6-15-9-24-17(13(15)5)19-21-20-18(23-19)14-7-11(3)16(22)12(4)8-14/h7-10,22H,6H2,1-5H3. The number of aryl methyl sites for hydroxylation is 2. The van der Waals surface area contributed by atoms with Gasteiger partial charge >= 0.3 is 0 Å². The summed E-state index contributed by atoms with van der Waals surface area (Å²) in [5.74, 6) is 1.97. The predicted molar refractivity (Wildman–Crippen MR) is 97.5 cm³/mol. The van der Waals surface area contributed by atoms with Gasteiger partial charge in [0.25, 0.3) is 5.89 Å². The van der Waals surface area contributed by atoms with Gasteiger partial charge < -0.3 is 9.52 Å². The van der Waals surface area contributed by atoms with E-state index in [1.807, 2.05) is 26.0 Å². The minimum absolute atomic E-state index is 0.311. The highest BCUT2D eigenvalue weighted by Gasteiger charge is 2.17. The monoisotopic (exact) mass is 342 g/mol. The SMILES string of the molecule is Cc1cc(-c2nnc(-c3scc(CC(C)C)c3C)o2)cc(C)c1O. The van der Waals surface area contributed by atoms with Gasteiger partial charge in [0.15, 0.2) is 0 Å². The van der Waals surface area contributed by atoms with Crippen molar-refractivity contribution in [3.8, 4) is 28.0 Å². The van der Waals surface area contributed by atoms with Gasteiger partial charge in [-0.1, -0.05) is 13.8 Å². The topological polar surface area (TPSA) is 59.2 Å². The largest absolute Gasteiger partial charge is 0.507 e. The summed E-state index contributed by atoms with van der Waals surface area (Å²) in [6, 6.07) is 3.73. The smallest absolute Gasteiger partial charge is 0.258 e. The first-order valence-electron chi connectivity index (χ1n) is 8.08. The van der Waals surface area contributed by atoms with Gasteiger partial charge in [0.2, 0.25) is 5.89 Å². The van der Waals surface area contributed by atoms with Crippen LogP contribution in [0, 0.1) is 26.7 Å². The Kier molecular flexibility index (Phi) is 4.45. The van der Waals surface area contributed by atoms with Gasteiger partial charge in [0, 0.05) is 5.56 Å². The fourth-order valence-corrected chi connectivity index (χ4v) is 3.84. The molecule has 0 bridgehead atoms. The summed E-state index contributed by atoms with van der Waals surface area (Å²) < 4.78 is 5.91. The van der Waals surface area contributed by atoms with E-state index in [0.29, 0.717) is 23.4 Å². The van der Waals surface area contributed by atoms with Crippen LogP contribution < -0.4 is 0 Å². The molecule has 126 valence electrons. The molecule has 0 radical (unpaired) electrons. The highest BCUT2D eigenvalue weighted by Crippen LogP contribution is 2.35. The third-order valence-corrected chi connectivity index (χ3v) is 5.25. The van der Waals surface area contributed by atoms with Crippen molar-refractivity contribution in [2.24, 2.45) is 5.92 Å². The number of phenols is 1. The molecule has 24 heavy (non-hydrogen) atoms. The Balaban J connectivity index is 1.96. The van der Waals surface area contributed by atoms with Crippen LogP contribution in [-0.4, -0.2) is 15.3 Å². The quantitative estimate of drug-likeness (QED) is 0.699. The molecule has 3 rings (SSSR count). The second kappa shape index (κ2) is 6.40. The zero-order valence-corrected chi connectivity index (χ0v) is 15.5. The average molecular weight is 342 g/mol. The molecule has 0 atom stereocenters. The Morgan fingerprint density at radius 3 is 2.33 bits per heavy atom. The van der Waals surface area contributed by atoms with Crippen molar-refractivity contribution in [1.82, 2.24) is 10.2 Å². The van der Waals surface area contributed by atoms with Crippen molar-refractivity contribution in [2.75, 3.05) is 0 Å². The third kappa shape index (κ3) is 3.08. The van der Waals surface area contributed by atoms with Crippen LogP contribution in [0.3, 0.4) is 0 Å². The molecule has 0 aliphatic rings. The van der Waals surface area contributed by atoms with E-state index in [4.69, 9.17) is 4.42 Å². The number of rotatable bonds is 4. The number of nitrogens with zero attached hydrogens (tertiary/aromatic N) is 2. The van der Waals surface area contributed by atoms with Crippen molar-refractivity contribution in [3.05, 3.63) is 39.8 Å². The molecule has 0 spiro atoms. The maximum absolute atomic E-state index is 9.91. The summed E-state index contributed by atoms with van der Waals surface area (Å²) >= 11 is 1.65.